The summed E-state index contributed by atoms with van der Waals surface area (Å²) in [5.41, 5.74) is 1.07. The fourth-order valence-electron chi connectivity index (χ4n) is 1.79. The highest BCUT2D eigenvalue weighted by molar-refractivity contribution is 5.96. The maximum Gasteiger partial charge on any atom is 0.326 e. The first-order chi connectivity index (χ1) is 9.97. The fraction of sp³-hybridized carbons (Fsp3) is 0.214. The standard InChI is InChI=1S/C14H14FN3O3/c1-8-2-3-9(4-11(8)15)13(19)18-12(14(20)21)5-10-6-16-7-17-10/h2-4,6-7,12H,5H2,1H3,(H,16,17)(H,18,19)(H,20,21)/t12-/m1/s1. The van der Waals surface area contributed by atoms with Crippen molar-refractivity contribution in [3.05, 3.63) is 53.4 Å². The third-order valence-corrected chi connectivity index (χ3v) is 3.02. The quantitative estimate of drug-likeness (QED) is 0.773. The van der Waals surface area contributed by atoms with E-state index in [-0.39, 0.29) is 12.0 Å². The number of carbonyl (C=O) groups excluding carboxylic acids is 1. The SMILES string of the molecule is Cc1ccc(C(=O)N[C@H](Cc2cnc[nH]2)C(=O)O)cc1F. The van der Waals surface area contributed by atoms with E-state index >= 15 is 0 Å². The maximum absolute atomic E-state index is 13.4. The predicted octanol–water partition coefficient (Wildman–Crippen LogP) is 1.28. The van der Waals surface area contributed by atoms with Crippen molar-refractivity contribution in [2.24, 2.45) is 0 Å². The minimum absolute atomic E-state index is 0.0649. The van der Waals surface area contributed by atoms with E-state index in [2.05, 4.69) is 15.3 Å². The molecule has 0 aliphatic rings. The smallest absolute Gasteiger partial charge is 0.326 e. The van der Waals surface area contributed by atoms with Gasteiger partial charge in [0, 0.05) is 23.9 Å². The number of nitrogens with one attached hydrogen (secondary N) is 2. The van der Waals surface area contributed by atoms with Gasteiger partial charge in [-0.05, 0) is 24.6 Å². The number of carbonyl (C=O) groups is 2. The van der Waals surface area contributed by atoms with Crippen LogP contribution in [0.5, 0.6) is 0 Å². The van der Waals surface area contributed by atoms with Crippen LogP contribution in [0.1, 0.15) is 21.6 Å². The highest BCUT2D eigenvalue weighted by Crippen LogP contribution is 2.10. The number of nitrogens with zero attached hydrogens (tertiary/aromatic N) is 1. The van der Waals surface area contributed by atoms with Crippen LogP contribution in [0.2, 0.25) is 0 Å². The molecule has 0 bridgehead atoms. The third-order valence-electron chi connectivity index (χ3n) is 3.02. The van der Waals surface area contributed by atoms with E-state index in [9.17, 15) is 14.0 Å². The van der Waals surface area contributed by atoms with Crippen molar-refractivity contribution in [1.29, 1.82) is 0 Å². The molecule has 1 amide bonds. The number of aryl methyl sites for hydroxylation is 1. The Hall–Kier alpha value is -2.70. The third kappa shape index (κ3) is 3.65. The topological polar surface area (TPSA) is 95.1 Å². The van der Waals surface area contributed by atoms with E-state index in [1.54, 1.807) is 6.92 Å². The van der Waals surface area contributed by atoms with Gasteiger partial charge in [0.15, 0.2) is 0 Å². The molecule has 21 heavy (non-hydrogen) atoms. The number of hydrogen-bond donors (Lipinski definition) is 3. The number of aromatic amines is 1. The van der Waals surface area contributed by atoms with Crippen LogP contribution in [0.3, 0.4) is 0 Å². The van der Waals surface area contributed by atoms with Gasteiger partial charge in [0.2, 0.25) is 0 Å². The number of aliphatic carboxylic acids is 1. The summed E-state index contributed by atoms with van der Waals surface area (Å²) in [5, 5.41) is 11.5. The molecule has 0 fully saturated rings. The van der Waals surface area contributed by atoms with Gasteiger partial charge in [0.25, 0.3) is 5.91 Å². The van der Waals surface area contributed by atoms with Gasteiger partial charge in [-0.1, -0.05) is 6.07 Å². The Kier molecular flexibility index (Phi) is 4.32. The lowest BCUT2D eigenvalue weighted by atomic mass is 10.1. The number of carboxylic acids is 1. The van der Waals surface area contributed by atoms with Crippen molar-refractivity contribution in [3.8, 4) is 0 Å². The molecule has 0 unspecified atom stereocenters. The molecule has 2 aromatic rings. The highest BCUT2D eigenvalue weighted by atomic mass is 19.1. The van der Waals surface area contributed by atoms with Gasteiger partial charge < -0.3 is 15.4 Å². The molecule has 1 aromatic heterocycles. The molecule has 0 saturated carbocycles. The van der Waals surface area contributed by atoms with Crippen molar-refractivity contribution < 1.29 is 19.1 Å². The van der Waals surface area contributed by atoms with Crippen LogP contribution in [-0.4, -0.2) is 33.0 Å². The Morgan fingerprint density at radius 1 is 1.48 bits per heavy atom. The van der Waals surface area contributed by atoms with Crippen LogP contribution in [-0.2, 0) is 11.2 Å². The molecular weight excluding hydrogens is 277 g/mol. The normalized spacial score (nSPS) is 11.9. The monoisotopic (exact) mass is 291 g/mol. The van der Waals surface area contributed by atoms with Crippen molar-refractivity contribution in [3.63, 3.8) is 0 Å². The average Bonchev–Trinajstić information content (AvgIpc) is 2.93. The van der Waals surface area contributed by atoms with Crippen LogP contribution in [0.15, 0.2) is 30.7 Å². The molecule has 2 rings (SSSR count). The number of carboxylic acid groups (broad SMARTS) is 1. The lowest BCUT2D eigenvalue weighted by Crippen LogP contribution is -2.42. The molecule has 1 atom stereocenters. The summed E-state index contributed by atoms with van der Waals surface area (Å²) in [7, 11) is 0. The van der Waals surface area contributed by atoms with Gasteiger partial charge in [-0.3, -0.25) is 4.79 Å². The van der Waals surface area contributed by atoms with Crippen molar-refractivity contribution >= 4 is 11.9 Å². The molecule has 0 saturated heterocycles. The Morgan fingerprint density at radius 2 is 2.24 bits per heavy atom. The van der Waals surface area contributed by atoms with Crippen molar-refractivity contribution in [2.75, 3.05) is 0 Å². The van der Waals surface area contributed by atoms with Crippen LogP contribution in [0.25, 0.3) is 0 Å². The number of aromatic nitrogens is 2. The highest BCUT2D eigenvalue weighted by Gasteiger charge is 2.22. The number of halogens is 1. The molecule has 110 valence electrons. The van der Waals surface area contributed by atoms with Crippen LogP contribution >= 0.6 is 0 Å². The predicted molar refractivity (Wildman–Crippen MR) is 72.3 cm³/mol. The first kappa shape index (κ1) is 14.7. The Morgan fingerprint density at radius 3 is 2.81 bits per heavy atom. The molecule has 0 aliphatic heterocycles. The van der Waals surface area contributed by atoms with Crippen LogP contribution < -0.4 is 5.32 Å². The molecular formula is C14H14FN3O3. The summed E-state index contributed by atoms with van der Waals surface area (Å²) in [4.78, 5) is 29.7. The summed E-state index contributed by atoms with van der Waals surface area (Å²) < 4.78 is 13.4. The Balaban J connectivity index is 2.10. The summed E-state index contributed by atoms with van der Waals surface area (Å²) in [6.45, 7) is 1.58. The number of imidazole rings is 1. The average molecular weight is 291 g/mol. The number of benzene rings is 1. The summed E-state index contributed by atoms with van der Waals surface area (Å²) >= 11 is 0. The summed E-state index contributed by atoms with van der Waals surface area (Å²) in [5.74, 6) is -2.32. The zero-order chi connectivity index (χ0) is 15.4. The van der Waals surface area contributed by atoms with Gasteiger partial charge in [-0.2, -0.15) is 0 Å². The Labute approximate surface area is 120 Å². The number of hydrogen-bond acceptors (Lipinski definition) is 3. The molecule has 7 heteroatoms. The second-order valence-corrected chi connectivity index (χ2v) is 4.61. The van der Waals surface area contributed by atoms with Gasteiger partial charge in [-0.15, -0.1) is 0 Å². The van der Waals surface area contributed by atoms with E-state index in [1.807, 2.05) is 0 Å². The lowest BCUT2D eigenvalue weighted by Gasteiger charge is -2.14. The minimum atomic E-state index is -1.18. The lowest BCUT2D eigenvalue weighted by molar-refractivity contribution is -0.139. The molecule has 1 aromatic carbocycles. The molecule has 1 heterocycles. The second-order valence-electron chi connectivity index (χ2n) is 4.61. The summed E-state index contributed by atoms with van der Waals surface area (Å²) in [6.07, 6.45) is 2.97. The molecule has 3 N–H and O–H groups in total. The van der Waals surface area contributed by atoms with E-state index in [0.29, 0.717) is 11.3 Å². The van der Waals surface area contributed by atoms with E-state index < -0.39 is 23.7 Å². The second kappa shape index (κ2) is 6.17. The van der Waals surface area contributed by atoms with Crippen LogP contribution in [0, 0.1) is 12.7 Å². The van der Waals surface area contributed by atoms with Gasteiger partial charge >= 0.3 is 5.97 Å². The van der Waals surface area contributed by atoms with E-state index in [4.69, 9.17) is 5.11 Å². The largest absolute Gasteiger partial charge is 0.480 e. The minimum Gasteiger partial charge on any atom is -0.480 e. The molecule has 6 nitrogen and oxygen atoms in total. The number of H-pyrrole nitrogens is 1. The van der Waals surface area contributed by atoms with Gasteiger partial charge in [0.05, 0.1) is 6.33 Å². The van der Waals surface area contributed by atoms with E-state index in [0.717, 1.165) is 6.07 Å². The van der Waals surface area contributed by atoms with Gasteiger partial charge in [0.1, 0.15) is 11.9 Å². The number of amides is 1. The first-order valence-electron chi connectivity index (χ1n) is 6.24. The molecule has 0 aliphatic carbocycles. The van der Waals surface area contributed by atoms with Crippen LogP contribution in [0.4, 0.5) is 4.39 Å². The molecule has 0 radical (unpaired) electrons. The zero-order valence-electron chi connectivity index (χ0n) is 11.3. The van der Waals surface area contributed by atoms with Crippen molar-refractivity contribution in [1.82, 2.24) is 15.3 Å². The molecule has 0 spiro atoms. The van der Waals surface area contributed by atoms with Crippen molar-refractivity contribution in [2.45, 2.75) is 19.4 Å². The maximum atomic E-state index is 13.4. The van der Waals surface area contributed by atoms with E-state index in [1.165, 1.54) is 24.7 Å². The Bertz CT molecular complexity index is 655. The zero-order valence-corrected chi connectivity index (χ0v) is 11.3. The van der Waals surface area contributed by atoms with Gasteiger partial charge in [-0.25, -0.2) is 14.2 Å². The fourth-order valence-corrected chi connectivity index (χ4v) is 1.79. The number of rotatable bonds is 5. The summed E-state index contributed by atoms with van der Waals surface area (Å²) in [6, 6.07) is 2.87. The first-order valence-corrected chi connectivity index (χ1v) is 6.24.